The van der Waals surface area contributed by atoms with Crippen LogP contribution in [0.25, 0.3) is 0 Å². The summed E-state index contributed by atoms with van der Waals surface area (Å²) in [6.45, 7) is 8.44. The average molecular weight is 495 g/mol. The van der Waals surface area contributed by atoms with Crippen molar-refractivity contribution in [3.8, 4) is 0 Å². The standard InChI is InChI=1S/C27H47N2O4P/c1-5-8-11-12-22(4)34(32,33)20-19-28-27(31)24-15-17-25(18-16-24)29-26(30)21-23(13-9-6-2)14-10-7-3/h15-18,22-23H,5-14,19-21H2,1-4H3,(H,28,31)(H,29,30)(H,32,33). The van der Waals surface area contributed by atoms with Crippen molar-refractivity contribution < 1.29 is 19.0 Å². The Kier molecular flexibility index (Phi) is 15.1. The Hall–Kier alpha value is -1.65. The highest BCUT2D eigenvalue weighted by Crippen LogP contribution is 2.47. The molecular formula is C27H47N2O4P. The van der Waals surface area contributed by atoms with Gasteiger partial charge in [-0.3, -0.25) is 14.2 Å². The smallest absolute Gasteiger partial charge is 0.251 e. The third kappa shape index (κ3) is 12.2. The van der Waals surface area contributed by atoms with Gasteiger partial charge in [0, 0.05) is 36.0 Å². The van der Waals surface area contributed by atoms with E-state index in [9.17, 15) is 19.0 Å². The molecule has 0 radical (unpaired) electrons. The molecule has 1 aromatic rings. The molecule has 1 rings (SSSR count). The van der Waals surface area contributed by atoms with Gasteiger partial charge >= 0.3 is 0 Å². The fourth-order valence-corrected chi connectivity index (χ4v) is 5.52. The number of carbonyl (C=O) groups excluding carboxylic acids is 2. The van der Waals surface area contributed by atoms with E-state index in [0.29, 0.717) is 23.6 Å². The molecule has 2 unspecified atom stereocenters. The number of unbranched alkanes of at least 4 members (excludes halogenated alkanes) is 4. The SMILES string of the molecule is CCCCCC(C)P(=O)(O)CCNC(=O)c1ccc(NC(=O)CC(CCCC)CCCC)cc1. The molecule has 194 valence electrons. The zero-order chi connectivity index (χ0) is 25.4. The van der Waals surface area contributed by atoms with E-state index in [2.05, 4.69) is 31.4 Å². The summed E-state index contributed by atoms with van der Waals surface area (Å²) in [5.41, 5.74) is 0.889. The number of nitrogens with one attached hydrogen (secondary N) is 2. The van der Waals surface area contributed by atoms with Crippen LogP contribution in [-0.2, 0) is 9.36 Å². The first-order valence-corrected chi connectivity index (χ1v) is 15.1. The Morgan fingerprint density at radius 3 is 2.06 bits per heavy atom. The van der Waals surface area contributed by atoms with E-state index in [1.54, 1.807) is 24.3 Å². The summed E-state index contributed by atoms with van der Waals surface area (Å²) >= 11 is 0. The van der Waals surface area contributed by atoms with E-state index in [1.165, 1.54) is 0 Å². The van der Waals surface area contributed by atoms with Gasteiger partial charge < -0.3 is 15.5 Å². The highest BCUT2D eigenvalue weighted by atomic mass is 31.2. The van der Waals surface area contributed by atoms with Crippen LogP contribution < -0.4 is 10.6 Å². The molecule has 0 aromatic heterocycles. The van der Waals surface area contributed by atoms with Crippen LogP contribution >= 0.6 is 7.37 Å². The lowest BCUT2D eigenvalue weighted by molar-refractivity contribution is -0.117. The van der Waals surface area contributed by atoms with Crippen molar-refractivity contribution in [2.24, 2.45) is 5.92 Å². The zero-order valence-corrected chi connectivity index (χ0v) is 22.7. The Labute approximate surface area is 207 Å². The van der Waals surface area contributed by atoms with E-state index < -0.39 is 7.37 Å². The Bertz CT molecular complexity index is 758. The third-order valence-electron chi connectivity index (χ3n) is 6.47. The fourth-order valence-electron chi connectivity index (χ4n) is 4.06. The molecule has 1 aromatic carbocycles. The maximum atomic E-state index is 12.5. The van der Waals surface area contributed by atoms with Crippen molar-refractivity contribution in [1.29, 1.82) is 0 Å². The highest BCUT2D eigenvalue weighted by Gasteiger charge is 2.26. The maximum absolute atomic E-state index is 12.5. The van der Waals surface area contributed by atoms with Gasteiger partial charge in [-0.15, -0.1) is 0 Å². The molecule has 0 bridgehead atoms. The van der Waals surface area contributed by atoms with Gasteiger partial charge in [-0.25, -0.2) is 0 Å². The van der Waals surface area contributed by atoms with Crippen LogP contribution in [-0.4, -0.2) is 35.1 Å². The second-order valence-corrected chi connectivity index (χ2v) is 12.4. The third-order valence-corrected chi connectivity index (χ3v) is 8.97. The predicted octanol–water partition coefficient (Wildman–Crippen LogP) is 6.98. The lowest BCUT2D eigenvalue weighted by Gasteiger charge is -2.19. The van der Waals surface area contributed by atoms with Crippen molar-refractivity contribution in [3.63, 3.8) is 0 Å². The van der Waals surface area contributed by atoms with Gasteiger partial charge in [0.2, 0.25) is 13.3 Å². The first kappa shape index (κ1) is 30.4. The number of rotatable bonds is 18. The monoisotopic (exact) mass is 494 g/mol. The summed E-state index contributed by atoms with van der Waals surface area (Å²) in [5, 5.41) is 5.69. The first-order valence-electron chi connectivity index (χ1n) is 13.2. The molecule has 34 heavy (non-hydrogen) atoms. The minimum atomic E-state index is -3.28. The summed E-state index contributed by atoms with van der Waals surface area (Å²) in [5.74, 6) is 0.152. The topological polar surface area (TPSA) is 95.5 Å². The van der Waals surface area contributed by atoms with Gasteiger partial charge in [-0.1, -0.05) is 72.6 Å². The van der Waals surface area contributed by atoms with E-state index in [-0.39, 0.29) is 30.2 Å². The fraction of sp³-hybridized carbons (Fsp3) is 0.704. The number of hydrogen-bond acceptors (Lipinski definition) is 3. The van der Waals surface area contributed by atoms with E-state index in [4.69, 9.17) is 0 Å². The molecule has 0 spiro atoms. The Morgan fingerprint density at radius 2 is 1.50 bits per heavy atom. The molecular weight excluding hydrogens is 447 g/mol. The number of benzene rings is 1. The van der Waals surface area contributed by atoms with Crippen LogP contribution in [0, 0.1) is 5.92 Å². The first-order chi connectivity index (χ1) is 16.2. The summed E-state index contributed by atoms with van der Waals surface area (Å²) in [6.07, 6.45) is 11.2. The number of anilines is 1. The van der Waals surface area contributed by atoms with Gasteiger partial charge in [0.05, 0.1) is 0 Å². The number of hydrogen-bond donors (Lipinski definition) is 3. The Balaban J connectivity index is 2.50. The normalized spacial score (nSPS) is 13.9. The van der Waals surface area contributed by atoms with E-state index in [1.807, 2.05) is 6.92 Å². The predicted molar refractivity (Wildman–Crippen MR) is 143 cm³/mol. The molecule has 0 fully saturated rings. The second kappa shape index (κ2) is 16.9. The largest absolute Gasteiger partial charge is 0.351 e. The van der Waals surface area contributed by atoms with Gasteiger partial charge in [0.25, 0.3) is 5.91 Å². The Morgan fingerprint density at radius 1 is 0.912 bits per heavy atom. The van der Waals surface area contributed by atoms with Crippen LogP contribution in [0.1, 0.15) is 109 Å². The minimum Gasteiger partial charge on any atom is -0.351 e. The molecule has 0 saturated heterocycles. The van der Waals surface area contributed by atoms with Crippen LogP contribution in [0.4, 0.5) is 5.69 Å². The van der Waals surface area contributed by atoms with Gasteiger partial charge in [0.1, 0.15) is 0 Å². The zero-order valence-electron chi connectivity index (χ0n) is 21.8. The molecule has 2 atom stereocenters. The highest BCUT2D eigenvalue weighted by molar-refractivity contribution is 7.58. The van der Waals surface area contributed by atoms with E-state index >= 15 is 0 Å². The molecule has 0 saturated carbocycles. The van der Waals surface area contributed by atoms with Gasteiger partial charge in [0.15, 0.2) is 0 Å². The van der Waals surface area contributed by atoms with Crippen molar-refractivity contribution in [1.82, 2.24) is 5.32 Å². The molecule has 7 heteroatoms. The quantitative estimate of drug-likeness (QED) is 0.151. The second-order valence-electron chi connectivity index (χ2n) is 9.56. The van der Waals surface area contributed by atoms with Crippen molar-refractivity contribution in [2.45, 2.75) is 104 Å². The molecule has 0 aliphatic carbocycles. The molecule has 2 amide bonds. The van der Waals surface area contributed by atoms with Gasteiger partial charge in [-0.05, 0) is 49.4 Å². The van der Waals surface area contributed by atoms with Crippen molar-refractivity contribution in [2.75, 3.05) is 18.0 Å². The summed E-state index contributed by atoms with van der Waals surface area (Å²) in [7, 11) is -3.28. The summed E-state index contributed by atoms with van der Waals surface area (Å²) < 4.78 is 12.5. The van der Waals surface area contributed by atoms with Crippen LogP contribution in [0.5, 0.6) is 0 Å². The molecule has 6 nitrogen and oxygen atoms in total. The lowest BCUT2D eigenvalue weighted by atomic mass is 9.92. The number of carbonyl (C=O) groups is 2. The average Bonchev–Trinajstić information content (AvgIpc) is 2.81. The molecule has 3 N–H and O–H groups in total. The summed E-state index contributed by atoms with van der Waals surface area (Å²) in [4.78, 5) is 35.2. The van der Waals surface area contributed by atoms with Crippen LogP contribution in [0.15, 0.2) is 24.3 Å². The van der Waals surface area contributed by atoms with Crippen molar-refractivity contribution in [3.05, 3.63) is 29.8 Å². The summed E-state index contributed by atoms with van der Waals surface area (Å²) in [6, 6.07) is 6.80. The maximum Gasteiger partial charge on any atom is 0.251 e. The van der Waals surface area contributed by atoms with Gasteiger partial charge in [-0.2, -0.15) is 0 Å². The molecule has 0 heterocycles. The van der Waals surface area contributed by atoms with E-state index in [0.717, 1.165) is 64.2 Å². The van der Waals surface area contributed by atoms with Crippen molar-refractivity contribution >= 4 is 24.9 Å². The van der Waals surface area contributed by atoms with Crippen LogP contribution in [0.2, 0.25) is 0 Å². The lowest BCUT2D eigenvalue weighted by Crippen LogP contribution is -2.27. The number of amides is 2. The molecule has 0 aliphatic heterocycles. The molecule has 0 aliphatic rings. The van der Waals surface area contributed by atoms with Crippen LogP contribution in [0.3, 0.4) is 0 Å². The minimum absolute atomic E-state index is 0.0150.